The van der Waals surface area contributed by atoms with E-state index in [1.165, 1.54) is 0 Å². The zero-order valence-electron chi connectivity index (χ0n) is 14.3. The monoisotopic (exact) mass is 310 g/mol. The Morgan fingerprint density at radius 1 is 1.32 bits per heavy atom. The van der Waals surface area contributed by atoms with Crippen molar-refractivity contribution in [3.8, 4) is 0 Å². The van der Waals surface area contributed by atoms with Crippen molar-refractivity contribution in [3.05, 3.63) is 17.5 Å². The Morgan fingerprint density at radius 3 is 2.77 bits per heavy atom. The summed E-state index contributed by atoms with van der Waals surface area (Å²) in [7, 11) is 0. The lowest BCUT2D eigenvalue weighted by Crippen LogP contribution is -2.37. The van der Waals surface area contributed by atoms with Gasteiger partial charge in [0, 0.05) is 32.4 Å². The molecule has 0 atom stereocenters. The molecule has 6 nitrogen and oxygen atoms in total. The number of aliphatic imine (C=N–C) groups is 1. The molecule has 0 saturated carbocycles. The van der Waals surface area contributed by atoms with Crippen molar-refractivity contribution in [2.75, 3.05) is 26.3 Å². The zero-order valence-corrected chi connectivity index (χ0v) is 14.3. The van der Waals surface area contributed by atoms with Gasteiger partial charge in [0.25, 0.3) is 0 Å². The van der Waals surface area contributed by atoms with Gasteiger partial charge in [0.2, 0.25) is 0 Å². The first kappa shape index (κ1) is 18.5. The van der Waals surface area contributed by atoms with Crippen molar-refractivity contribution >= 4 is 5.96 Å². The van der Waals surface area contributed by atoms with Gasteiger partial charge in [-0.25, -0.2) is 4.99 Å². The number of nitrogens with zero attached hydrogens (tertiary/aromatic N) is 2. The molecule has 0 aliphatic rings. The van der Waals surface area contributed by atoms with E-state index in [9.17, 15) is 0 Å². The number of nitrogens with one attached hydrogen (secondary N) is 2. The van der Waals surface area contributed by atoms with E-state index in [0.717, 1.165) is 56.6 Å². The summed E-state index contributed by atoms with van der Waals surface area (Å²) in [5.74, 6) is 1.97. The Bertz CT molecular complexity index is 430. The molecule has 0 amide bonds. The van der Waals surface area contributed by atoms with Crippen LogP contribution in [0.1, 0.15) is 57.9 Å². The molecule has 0 aromatic carbocycles. The van der Waals surface area contributed by atoms with Gasteiger partial charge in [-0.05, 0) is 32.6 Å². The maximum atomic E-state index is 5.32. The normalized spacial score (nSPS) is 12.0. The van der Waals surface area contributed by atoms with Crippen LogP contribution < -0.4 is 10.6 Å². The standard InChI is InChI=1S/C16H30N4O2/c1-5-17-16(18-9-7-8-10-21-6-2)19-12-14-11-15(13(3)4)20-22-14/h11,13H,5-10,12H2,1-4H3,(H2,17,18,19). The van der Waals surface area contributed by atoms with E-state index >= 15 is 0 Å². The SMILES string of the molecule is CCNC(=NCc1cc(C(C)C)no1)NCCCCOCC. The fraction of sp³-hybridized carbons (Fsp3) is 0.750. The second-order valence-electron chi connectivity index (χ2n) is 5.40. The van der Waals surface area contributed by atoms with Crippen LogP contribution in [0.4, 0.5) is 0 Å². The second-order valence-corrected chi connectivity index (χ2v) is 5.40. The minimum atomic E-state index is 0.373. The number of aromatic nitrogens is 1. The number of guanidine groups is 1. The van der Waals surface area contributed by atoms with Gasteiger partial charge >= 0.3 is 0 Å². The van der Waals surface area contributed by atoms with Crippen LogP contribution in [-0.2, 0) is 11.3 Å². The van der Waals surface area contributed by atoms with Crippen LogP contribution in [0, 0.1) is 0 Å². The smallest absolute Gasteiger partial charge is 0.191 e. The minimum absolute atomic E-state index is 0.373. The van der Waals surface area contributed by atoms with E-state index < -0.39 is 0 Å². The van der Waals surface area contributed by atoms with Crippen LogP contribution in [0.5, 0.6) is 0 Å². The Labute approximate surface area is 133 Å². The largest absolute Gasteiger partial charge is 0.382 e. The summed E-state index contributed by atoms with van der Waals surface area (Å²) < 4.78 is 10.6. The van der Waals surface area contributed by atoms with Crippen LogP contribution in [0.15, 0.2) is 15.6 Å². The molecule has 1 heterocycles. The summed E-state index contributed by atoms with van der Waals surface area (Å²) in [6, 6.07) is 1.97. The number of ether oxygens (including phenoxy) is 1. The van der Waals surface area contributed by atoms with Gasteiger partial charge in [-0.15, -0.1) is 0 Å². The van der Waals surface area contributed by atoms with Crippen molar-refractivity contribution in [1.29, 1.82) is 0 Å². The fourth-order valence-corrected chi connectivity index (χ4v) is 1.85. The molecule has 0 aliphatic carbocycles. The third kappa shape index (κ3) is 7.45. The molecule has 1 aromatic heterocycles. The van der Waals surface area contributed by atoms with Gasteiger partial charge in [-0.3, -0.25) is 0 Å². The highest BCUT2D eigenvalue weighted by Gasteiger charge is 2.07. The van der Waals surface area contributed by atoms with Crippen molar-refractivity contribution in [3.63, 3.8) is 0 Å². The number of hydrogen-bond acceptors (Lipinski definition) is 4. The number of unbranched alkanes of at least 4 members (excludes halogenated alkanes) is 1. The number of hydrogen-bond donors (Lipinski definition) is 2. The molecule has 6 heteroatoms. The van der Waals surface area contributed by atoms with Crippen LogP contribution in [0.2, 0.25) is 0 Å². The molecule has 0 radical (unpaired) electrons. The lowest BCUT2D eigenvalue weighted by molar-refractivity contribution is 0.143. The average Bonchev–Trinajstić information content (AvgIpc) is 2.97. The molecule has 0 fully saturated rings. The molecule has 0 unspecified atom stereocenters. The van der Waals surface area contributed by atoms with Gasteiger partial charge in [-0.2, -0.15) is 0 Å². The van der Waals surface area contributed by atoms with E-state index in [-0.39, 0.29) is 0 Å². The summed E-state index contributed by atoms with van der Waals surface area (Å²) in [5, 5.41) is 10.6. The topological polar surface area (TPSA) is 71.7 Å². The Hall–Kier alpha value is -1.56. The van der Waals surface area contributed by atoms with Crippen molar-refractivity contribution in [2.24, 2.45) is 4.99 Å². The van der Waals surface area contributed by atoms with E-state index in [2.05, 4.69) is 41.6 Å². The fourth-order valence-electron chi connectivity index (χ4n) is 1.85. The van der Waals surface area contributed by atoms with Crippen LogP contribution in [0.3, 0.4) is 0 Å². The van der Waals surface area contributed by atoms with Gasteiger partial charge < -0.3 is 19.9 Å². The summed E-state index contributed by atoms with van der Waals surface area (Å²) in [4.78, 5) is 4.52. The molecule has 1 rings (SSSR count). The molecule has 0 aliphatic heterocycles. The quantitative estimate of drug-likeness (QED) is 0.395. The molecular weight excluding hydrogens is 280 g/mol. The summed E-state index contributed by atoms with van der Waals surface area (Å²) >= 11 is 0. The van der Waals surface area contributed by atoms with E-state index in [0.29, 0.717) is 12.5 Å². The Kier molecular flexibility index (Phi) is 9.30. The first-order valence-corrected chi connectivity index (χ1v) is 8.22. The average molecular weight is 310 g/mol. The van der Waals surface area contributed by atoms with E-state index in [4.69, 9.17) is 9.26 Å². The number of rotatable bonds is 10. The van der Waals surface area contributed by atoms with E-state index in [1.807, 2.05) is 13.0 Å². The van der Waals surface area contributed by atoms with Crippen LogP contribution in [0.25, 0.3) is 0 Å². The first-order valence-electron chi connectivity index (χ1n) is 8.22. The Morgan fingerprint density at radius 2 is 2.14 bits per heavy atom. The molecule has 0 saturated heterocycles. The third-order valence-electron chi connectivity index (χ3n) is 3.12. The van der Waals surface area contributed by atoms with Gasteiger partial charge in [0.05, 0.1) is 5.69 Å². The zero-order chi connectivity index (χ0) is 16.2. The summed E-state index contributed by atoms with van der Waals surface area (Å²) in [5.41, 5.74) is 0.971. The molecular formula is C16H30N4O2. The molecule has 22 heavy (non-hydrogen) atoms. The first-order chi connectivity index (χ1) is 10.7. The van der Waals surface area contributed by atoms with Crippen LogP contribution in [-0.4, -0.2) is 37.4 Å². The lowest BCUT2D eigenvalue weighted by atomic mass is 10.1. The van der Waals surface area contributed by atoms with Crippen molar-refractivity contribution in [1.82, 2.24) is 15.8 Å². The highest BCUT2D eigenvalue weighted by atomic mass is 16.5. The van der Waals surface area contributed by atoms with Crippen molar-refractivity contribution in [2.45, 2.75) is 53.0 Å². The molecule has 0 spiro atoms. The summed E-state index contributed by atoms with van der Waals surface area (Å²) in [6.45, 7) is 12.1. The highest BCUT2D eigenvalue weighted by molar-refractivity contribution is 5.79. The lowest BCUT2D eigenvalue weighted by Gasteiger charge is -2.10. The molecule has 0 bridgehead atoms. The highest BCUT2D eigenvalue weighted by Crippen LogP contribution is 2.14. The predicted molar refractivity (Wildman–Crippen MR) is 89.1 cm³/mol. The maximum absolute atomic E-state index is 5.32. The molecule has 126 valence electrons. The minimum Gasteiger partial charge on any atom is -0.382 e. The molecule has 2 N–H and O–H groups in total. The maximum Gasteiger partial charge on any atom is 0.191 e. The predicted octanol–water partition coefficient (Wildman–Crippen LogP) is 2.67. The van der Waals surface area contributed by atoms with Gasteiger partial charge in [0.15, 0.2) is 11.7 Å². The van der Waals surface area contributed by atoms with Crippen LogP contribution >= 0.6 is 0 Å². The van der Waals surface area contributed by atoms with E-state index in [1.54, 1.807) is 0 Å². The van der Waals surface area contributed by atoms with Gasteiger partial charge in [0.1, 0.15) is 6.54 Å². The third-order valence-corrected chi connectivity index (χ3v) is 3.12. The summed E-state index contributed by atoms with van der Waals surface area (Å²) in [6.07, 6.45) is 2.12. The van der Waals surface area contributed by atoms with Gasteiger partial charge in [-0.1, -0.05) is 19.0 Å². The Balaban J connectivity index is 2.37. The molecule has 1 aromatic rings. The van der Waals surface area contributed by atoms with Crippen molar-refractivity contribution < 1.29 is 9.26 Å². The second kappa shape index (κ2) is 11.1.